The van der Waals surface area contributed by atoms with Crippen molar-refractivity contribution in [2.24, 2.45) is 5.11 Å². The molecule has 13 heavy (non-hydrogen) atoms. The molecule has 1 aromatic carbocycles. The van der Waals surface area contributed by atoms with E-state index in [0.29, 0.717) is 11.3 Å². The Morgan fingerprint density at radius 2 is 2.08 bits per heavy atom. The third kappa shape index (κ3) is 2.35. The molecule has 0 aromatic heterocycles. The Kier molecular flexibility index (Phi) is 3.12. The average Bonchev–Trinajstić information content (AvgIpc) is 2.18. The molecule has 0 amide bonds. The van der Waals surface area contributed by atoms with Gasteiger partial charge in [0.05, 0.1) is 7.85 Å². The maximum absolute atomic E-state index is 11.1. The third-order valence-electron chi connectivity index (χ3n) is 1.53. The zero-order chi connectivity index (χ0) is 9.68. The van der Waals surface area contributed by atoms with Gasteiger partial charge < -0.3 is 0 Å². The van der Waals surface area contributed by atoms with Crippen molar-refractivity contribution in [3.63, 3.8) is 0 Å². The van der Waals surface area contributed by atoms with E-state index in [9.17, 15) is 4.79 Å². The van der Waals surface area contributed by atoms with E-state index in [1.165, 1.54) is 0 Å². The minimum Gasteiger partial charge on any atom is -0.295 e. The van der Waals surface area contributed by atoms with Crippen LogP contribution < -0.4 is 0 Å². The number of ketones is 1. The van der Waals surface area contributed by atoms with Crippen molar-refractivity contribution in [3.05, 3.63) is 40.3 Å². The van der Waals surface area contributed by atoms with Crippen LogP contribution in [0.5, 0.6) is 0 Å². The summed E-state index contributed by atoms with van der Waals surface area (Å²) in [4.78, 5) is 13.7. The highest BCUT2D eigenvalue weighted by molar-refractivity contribution is 6.24. The number of rotatable bonds is 3. The van der Waals surface area contributed by atoms with E-state index >= 15 is 0 Å². The van der Waals surface area contributed by atoms with Crippen molar-refractivity contribution >= 4 is 19.3 Å². The minimum absolute atomic E-state index is 0.0130. The number of Topliss-reactive ketones (excluding diaryl/α,β-unsaturated/α-hetero) is 1. The first-order valence-electron chi connectivity index (χ1n) is 3.66. The molecule has 0 saturated carbocycles. The summed E-state index contributed by atoms with van der Waals surface area (Å²) in [7, 11) is 5.17. The van der Waals surface area contributed by atoms with Crippen LogP contribution in [0, 0.1) is 0 Å². The van der Waals surface area contributed by atoms with E-state index in [-0.39, 0.29) is 12.1 Å². The van der Waals surface area contributed by atoms with Crippen LogP contribution in [0.3, 0.4) is 0 Å². The average molecular weight is 171 g/mol. The van der Waals surface area contributed by atoms with Gasteiger partial charge in [0.2, 0.25) is 0 Å². The van der Waals surface area contributed by atoms with Gasteiger partial charge in [-0.1, -0.05) is 29.4 Å². The van der Waals surface area contributed by atoms with Crippen molar-refractivity contribution in [2.75, 3.05) is 0 Å². The molecule has 0 aliphatic rings. The zero-order valence-electron chi connectivity index (χ0n) is 6.84. The zero-order valence-corrected chi connectivity index (χ0v) is 6.84. The molecule has 0 N–H and O–H groups in total. The lowest BCUT2D eigenvalue weighted by Crippen LogP contribution is -1.95. The predicted molar refractivity (Wildman–Crippen MR) is 50.1 cm³/mol. The second-order valence-electron chi connectivity index (χ2n) is 2.36. The first-order chi connectivity index (χ1) is 6.27. The highest BCUT2D eigenvalue weighted by Crippen LogP contribution is 2.13. The van der Waals surface area contributed by atoms with Crippen LogP contribution in [0.4, 0.5) is 5.69 Å². The highest BCUT2D eigenvalue weighted by atomic mass is 16.1. The number of nitrogens with zero attached hydrogens (tertiary/aromatic N) is 3. The summed E-state index contributed by atoms with van der Waals surface area (Å²) in [5, 5.41) is 3.37. The summed E-state index contributed by atoms with van der Waals surface area (Å²) in [5.74, 6) is -0.132. The molecule has 5 heteroatoms. The first-order valence-corrected chi connectivity index (χ1v) is 3.66. The van der Waals surface area contributed by atoms with Gasteiger partial charge in [0, 0.05) is 16.2 Å². The minimum atomic E-state index is -0.132. The Bertz CT molecular complexity index is 354. The van der Waals surface area contributed by atoms with Crippen molar-refractivity contribution < 1.29 is 4.79 Å². The lowest BCUT2D eigenvalue weighted by molar-refractivity contribution is 0.101. The molecule has 1 rings (SSSR count). The third-order valence-corrected chi connectivity index (χ3v) is 1.53. The normalized spacial score (nSPS) is 8.92. The molecule has 2 radical (unpaired) electrons. The number of carbonyl (C=O) groups excluding carboxylic acids is 1. The van der Waals surface area contributed by atoms with E-state index in [0.717, 1.165) is 0 Å². The number of benzene rings is 1. The SMILES string of the molecule is [B]CC(=O)c1ccc(N=[N+]=[N-])cc1. The number of azide groups is 1. The van der Waals surface area contributed by atoms with Gasteiger partial charge >= 0.3 is 0 Å². The summed E-state index contributed by atoms with van der Waals surface area (Å²) < 4.78 is 0. The van der Waals surface area contributed by atoms with Gasteiger partial charge in [0.15, 0.2) is 5.78 Å². The lowest BCUT2D eigenvalue weighted by Gasteiger charge is -1.96. The first kappa shape index (κ1) is 9.35. The van der Waals surface area contributed by atoms with Crippen molar-refractivity contribution in [3.8, 4) is 0 Å². The maximum atomic E-state index is 11.1. The monoisotopic (exact) mass is 171 g/mol. The van der Waals surface area contributed by atoms with E-state index in [1.54, 1.807) is 24.3 Å². The molecule has 0 aliphatic heterocycles. The molecule has 0 bridgehead atoms. The van der Waals surface area contributed by atoms with E-state index < -0.39 is 0 Å². The molecule has 0 fully saturated rings. The summed E-state index contributed by atoms with van der Waals surface area (Å²) in [6.45, 7) is 0. The summed E-state index contributed by atoms with van der Waals surface area (Å²) in [5.41, 5.74) is 9.13. The van der Waals surface area contributed by atoms with Crippen molar-refractivity contribution in [2.45, 2.75) is 6.32 Å². The molecule has 0 spiro atoms. The molecule has 0 aliphatic carbocycles. The Labute approximate surface area is 76.6 Å². The smallest absolute Gasteiger partial charge is 0.154 e. The molecule has 1 aromatic rings. The quantitative estimate of drug-likeness (QED) is 0.226. The second-order valence-corrected chi connectivity index (χ2v) is 2.36. The van der Waals surface area contributed by atoms with E-state index in [1.807, 2.05) is 0 Å². The van der Waals surface area contributed by atoms with Crippen molar-refractivity contribution in [1.29, 1.82) is 0 Å². The second kappa shape index (κ2) is 4.33. The Balaban J connectivity index is 2.93. The van der Waals surface area contributed by atoms with Gasteiger partial charge in [-0.05, 0) is 11.9 Å². The summed E-state index contributed by atoms with van der Waals surface area (Å²) >= 11 is 0. The molecule has 62 valence electrons. The Morgan fingerprint density at radius 3 is 2.54 bits per heavy atom. The number of hydrogen-bond acceptors (Lipinski definition) is 2. The van der Waals surface area contributed by atoms with Gasteiger partial charge in [-0.25, -0.2) is 0 Å². The molecule has 0 atom stereocenters. The number of hydrogen-bond donors (Lipinski definition) is 0. The van der Waals surface area contributed by atoms with Crippen LogP contribution in [0.2, 0.25) is 6.32 Å². The fourth-order valence-corrected chi connectivity index (χ4v) is 0.883. The van der Waals surface area contributed by atoms with Crippen LogP contribution in [0.25, 0.3) is 10.4 Å². The largest absolute Gasteiger partial charge is 0.295 e. The van der Waals surface area contributed by atoms with Gasteiger partial charge in [-0.15, -0.1) is 0 Å². The standard InChI is InChI=1S/C8H6BN3O/c9-5-8(13)6-1-3-7(4-2-6)11-12-10/h1-4H,5H2. The van der Waals surface area contributed by atoms with Gasteiger partial charge in [0.1, 0.15) is 0 Å². The van der Waals surface area contributed by atoms with Gasteiger partial charge in [-0.3, -0.25) is 4.79 Å². The van der Waals surface area contributed by atoms with Crippen LogP contribution in [0.15, 0.2) is 29.4 Å². The molecule has 0 heterocycles. The maximum Gasteiger partial charge on any atom is 0.154 e. The van der Waals surface area contributed by atoms with Crippen LogP contribution in [-0.4, -0.2) is 13.6 Å². The molecule has 0 saturated heterocycles. The fraction of sp³-hybridized carbons (Fsp3) is 0.125. The lowest BCUT2D eigenvalue weighted by atomic mass is 9.96. The predicted octanol–water partition coefficient (Wildman–Crippen LogP) is 2.40. The highest BCUT2D eigenvalue weighted by Gasteiger charge is 2.00. The van der Waals surface area contributed by atoms with E-state index in [2.05, 4.69) is 10.0 Å². The number of carbonyl (C=O) groups is 1. The Morgan fingerprint density at radius 1 is 1.46 bits per heavy atom. The fourth-order valence-electron chi connectivity index (χ4n) is 0.883. The van der Waals surface area contributed by atoms with Gasteiger partial charge in [-0.2, -0.15) is 0 Å². The molecule has 4 nitrogen and oxygen atoms in total. The Hall–Kier alpha value is -1.74. The van der Waals surface area contributed by atoms with E-state index in [4.69, 9.17) is 13.4 Å². The molecular formula is C8H6BN3O. The van der Waals surface area contributed by atoms with Crippen LogP contribution in [0.1, 0.15) is 10.4 Å². The topological polar surface area (TPSA) is 65.8 Å². The molecular weight excluding hydrogens is 165 g/mol. The summed E-state index contributed by atoms with van der Waals surface area (Å²) in [6.07, 6.45) is -0.0130. The van der Waals surface area contributed by atoms with Crippen molar-refractivity contribution in [1.82, 2.24) is 0 Å². The van der Waals surface area contributed by atoms with Gasteiger partial charge in [0.25, 0.3) is 0 Å². The van der Waals surface area contributed by atoms with Crippen LogP contribution in [-0.2, 0) is 0 Å². The summed E-state index contributed by atoms with van der Waals surface area (Å²) in [6, 6.07) is 6.31. The van der Waals surface area contributed by atoms with Crippen LogP contribution >= 0.6 is 0 Å². The molecule has 0 unspecified atom stereocenters.